The first-order chi connectivity index (χ1) is 6.06. The highest BCUT2D eigenvalue weighted by Gasteiger charge is 2.23. The molecule has 0 amide bonds. The van der Waals surface area contributed by atoms with Crippen molar-refractivity contribution < 1.29 is 0 Å². The summed E-state index contributed by atoms with van der Waals surface area (Å²) in [6.07, 6.45) is 6.25. The van der Waals surface area contributed by atoms with Gasteiger partial charge in [0.25, 0.3) is 0 Å². The van der Waals surface area contributed by atoms with E-state index in [0.29, 0.717) is 0 Å². The largest absolute Gasteiger partial charge is 0.304 e. The Labute approximate surface area is 84.7 Å². The fraction of sp³-hybridized carbons (Fsp3) is 1.00. The summed E-state index contributed by atoms with van der Waals surface area (Å²) in [5, 5.41) is 0. The zero-order valence-corrected chi connectivity index (χ0v) is 10.4. The van der Waals surface area contributed by atoms with Crippen molar-refractivity contribution in [3.8, 4) is 0 Å². The normalized spacial score (nSPS) is 23.4. The number of hydrogen-bond donors (Lipinski definition) is 0. The van der Waals surface area contributed by atoms with Crippen LogP contribution in [0.1, 0.15) is 13.3 Å². The number of nitrogens with zero attached hydrogens (tertiary/aromatic N) is 2. The van der Waals surface area contributed by atoms with Gasteiger partial charge in [-0.15, -0.1) is 0 Å². The second-order valence-electron chi connectivity index (χ2n) is 4.42. The zero-order valence-electron chi connectivity index (χ0n) is 9.55. The predicted octanol–water partition coefficient (Wildman–Crippen LogP) is 1.62. The zero-order chi connectivity index (χ0) is 9.90. The van der Waals surface area contributed by atoms with Crippen molar-refractivity contribution in [2.75, 3.05) is 51.5 Å². The highest BCUT2D eigenvalue weighted by molar-refractivity contribution is 8.30. The van der Waals surface area contributed by atoms with E-state index in [0.717, 1.165) is 0 Å². The first kappa shape index (κ1) is 11.3. The standard InChI is InChI=1S/C10H24N2S/c1-5-10-13(3,4)12-8-6-11(2)7-9-12/h5-10H2,1-4H3. The maximum absolute atomic E-state index is 2.72. The third-order valence-corrected chi connectivity index (χ3v) is 6.04. The van der Waals surface area contributed by atoms with Crippen LogP contribution >= 0.6 is 10.2 Å². The monoisotopic (exact) mass is 204 g/mol. The van der Waals surface area contributed by atoms with Gasteiger partial charge in [-0.25, -0.2) is 0 Å². The van der Waals surface area contributed by atoms with Crippen molar-refractivity contribution in [3.05, 3.63) is 0 Å². The number of rotatable bonds is 3. The smallest absolute Gasteiger partial charge is 0.0202 e. The van der Waals surface area contributed by atoms with E-state index < -0.39 is 10.2 Å². The quantitative estimate of drug-likeness (QED) is 0.689. The maximum Gasteiger partial charge on any atom is 0.0202 e. The van der Waals surface area contributed by atoms with E-state index in [1.54, 1.807) is 0 Å². The van der Waals surface area contributed by atoms with E-state index in [4.69, 9.17) is 0 Å². The van der Waals surface area contributed by atoms with Gasteiger partial charge in [-0.2, -0.15) is 10.2 Å². The molecule has 0 radical (unpaired) electrons. The SMILES string of the molecule is CCCS(C)(C)N1CCN(C)CC1. The Morgan fingerprint density at radius 3 is 2.08 bits per heavy atom. The molecule has 0 aromatic carbocycles. The van der Waals surface area contributed by atoms with E-state index in [2.05, 4.69) is 35.7 Å². The molecule has 0 saturated carbocycles. The molecule has 1 saturated heterocycles. The summed E-state index contributed by atoms with van der Waals surface area (Å²) in [5.74, 6) is 1.40. The summed E-state index contributed by atoms with van der Waals surface area (Å²) in [6.45, 7) is 7.35. The Hall–Kier alpha value is 0.270. The summed E-state index contributed by atoms with van der Waals surface area (Å²) in [5.41, 5.74) is 0. The minimum atomic E-state index is -0.450. The topological polar surface area (TPSA) is 6.48 Å². The van der Waals surface area contributed by atoms with Gasteiger partial charge in [0, 0.05) is 26.2 Å². The van der Waals surface area contributed by atoms with Crippen LogP contribution in [0.4, 0.5) is 0 Å². The van der Waals surface area contributed by atoms with E-state index in [-0.39, 0.29) is 0 Å². The second kappa shape index (κ2) is 4.67. The molecule has 3 heteroatoms. The van der Waals surface area contributed by atoms with Crippen molar-refractivity contribution in [1.82, 2.24) is 9.21 Å². The fourth-order valence-corrected chi connectivity index (χ4v) is 4.32. The molecule has 0 spiro atoms. The summed E-state index contributed by atoms with van der Waals surface area (Å²) in [7, 11) is 1.77. The lowest BCUT2D eigenvalue weighted by Gasteiger charge is -2.47. The number of piperazine rings is 1. The third kappa shape index (κ3) is 3.15. The van der Waals surface area contributed by atoms with Gasteiger partial charge in [-0.1, -0.05) is 6.92 Å². The maximum atomic E-state index is 2.72. The van der Waals surface area contributed by atoms with Gasteiger partial charge < -0.3 is 4.90 Å². The van der Waals surface area contributed by atoms with Crippen LogP contribution in [0.25, 0.3) is 0 Å². The van der Waals surface area contributed by atoms with Crippen LogP contribution in [0.15, 0.2) is 0 Å². The Kier molecular flexibility index (Phi) is 4.07. The lowest BCUT2D eigenvalue weighted by atomic mass is 10.4. The first-order valence-electron chi connectivity index (χ1n) is 5.21. The molecule has 1 rings (SSSR count). The molecule has 2 nitrogen and oxygen atoms in total. The molecule has 0 unspecified atom stereocenters. The first-order valence-corrected chi connectivity index (χ1v) is 7.78. The fourth-order valence-electron chi connectivity index (χ4n) is 1.91. The summed E-state index contributed by atoms with van der Waals surface area (Å²) < 4.78 is 2.72. The molecule has 80 valence electrons. The van der Waals surface area contributed by atoms with Crippen molar-refractivity contribution >= 4 is 10.2 Å². The van der Waals surface area contributed by atoms with E-state index in [1.807, 2.05) is 0 Å². The van der Waals surface area contributed by atoms with Crippen LogP contribution in [-0.4, -0.2) is 60.7 Å². The lowest BCUT2D eigenvalue weighted by Crippen LogP contribution is -2.45. The average molecular weight is 204 g/mol. The van der Waals surface area contributed by atoms with Crippen LogP contribution in [0.5, 0.6) is 0 Å². The summed E-state index contributed by atoms with van der Waals surface area (Å²) in [4.78, 5) is 2.43. The molecular formula is C10H24N2S. The molecule has 0 N–H and O–H groups in total. The van der Waals surface area contributed by atoms with Gasteiger partial charge in [0.05, 0.1) is 0 Å². The molecule has 0 aromatic heterocycles. The minimum absolute atomic E-state index is 0.450. The molecule has 0 aromatic rings. The minimum Gasteiger partial charge on any atom is -0.304 e. The van der Waals surface area contributed by atoms with Gasteiger partial charge in [-0.3, -0.25) is 4.31 Å². The van der Waals surface area contributed by atoms with E-state index in [1.165, 1.54) is 38.4 Å². The molecule has 1 aliphatic heterocycles. The van der Waals surface area contributed by atoms with Gasteiger partial charge in [0.2, 0.25) is 0 Å². The van der Waals surface area contributed by atoms with Crippen LogP contribution < -0.4 is 0 Å². The predicted molar refractivity (Wildman–Crippen MR) is 63.7 cm³/mol. The Bertz CT molecular complexity index is 151. The number of likely N-dealkylation sites (N-methyl/N-ethyl adjacent to an activating group) is 1. The Balaban J connectivity index is 2.42. The molecule has 0 bridgehead atoms. The van der Waals surface area contributed by atoms with Gasteiger partial charge >= 0.3 is 0 Å². The second-order valence-corrected chi connectivity index (χ2v) is 8.30. The summed E-state index contributed by atoms with van der Waals surface area (Å²) >= 11 is 0. The van der Waals surface area contributed by atoms with E-state index in [9.17, 15) is 0 Å². The molecule has 1 fully saturated rings. The van der Waals surface area contributed by atoms with Crippen LogP contribution in [0, 0.1) is 0 Å². The molecule has 13 heavy (non-hydrogen) atoms. The lowest BCUT2D eigenvalue weighted by molar-refractivity contribution is 0.230. The highest BCUT2D eigenvalue weighted by Crippen LogP contribution is 2.44. The molecule has 0 aliphatic carbocycles. The molecule has 0 atom stereocenters. The van der Waals surface area contributed by atoms with Gasteiger partial charge in [0.1, 0.15) is 0 Å². The van der Waals surface area contributed by atoms with Crippen molar-refractivity contribution in [2.45, 2.75) is 13.3 Å². The van der Waals surface area contributed by atoms with E-state index >= 15 is 0 Å². The molecule has 1 aliphatic rings. The third-order valence-electron chi connectivity index (χ3n) is 2.86. The number of hydrogen-bond acceptors (Lipinski definition) is 2. The van der Waals surface area contributed by atoms with Crippen LogP contribution in [0.3, 0.4) is 0 Å². The van der Waals surface area contributed by atoms with Crippen LogP contribution in [0.2, 0.25) is 0 Å². The van der Waals surface area contributed by atoms with Crippen LogP contribution in [-0.2, 0) is 0 Å². The Morgan fingerprint density at radius 1 is 1.08 bits per heavy atom. The van der Waals surface area contributed by atoms with Gasteiger partial charge in [0.15, 0.2) is 0 Å². The van der Waals surface area contributed by atoms with Gasteiger partial charge in [-0.05, 0) is 31.7 Å². The van der Waals surface area contributed by atoms with Crippen molar-refractivity contribution in [2.24, 2.45) is 0 Å². The summed E-state index contributed by atoms with van der Waals surface area (Å²) in [6, 6.07) is 0. The average Bonchev–Trinajstić information content (AvgIpc) is 2.05. The molecule has 1 heterocycles. The molecular weight excluding hydrogens is 180 g/mol. The Morgan fingerprint density at radius 2 is 1.62 bits per heavy atom. The highest BCUT2D eigenvalue weighted by atomic mass is 32.3. The van der Waals surface area contributed by atoms with Crippen molar-refractivity contribution in [1.29, 1.82) is 0 Å². The van der Waals surface area contributed by atoms with Crippen molar-refractivity contribution in [3.63, 3.8) is 0 Å².